The summed E-state index contributed by atoms with van der Waals surface area (Å²) >= 11 is 5.28. The van der Waals surface area contributed by atoms with Gasteiger partial charge in [-0.25, -0.2) is 16.8 Å². The van der Waals surface area contributed by atoms with Gasteiger partial charge < -0.3 is 4.74 Å². The van der Waals surface area contributed by atoms with Gasteiger partial charge in [0.05, 0.1) is 18.1 Å². The monoisotopic (exact) mass is 354 g/mol. The first-order valence-electron chi connectivity index (χ1n) is 6.09. The molecule has 1 heterocycles. The molecule has 0 aromatic heterocycles. The van der Waals surface area contributed by atoms with Gasteiger partial charge in [-0.05, 0) is 24.3 Å². The Morgan fingerprint density at radius 3 is 2.19 bits per heavy atom. The topological polar surface area (TPSA) is 92.8 Å². The van der Waals surface area contributed by atoms with E-state index in [-0.39, 0.29) is 10.6 Å². The van der Waals surface area contributed by atoms with Crippen LogP contribution in [-0.4, -0.2) is 52.7 Å². The summed E-state index contributed by atoms with van der Waals surface area (Å²) in [7, 11) is -7.18. The molecular formula is C11H15ClN2O5S2. The molecule has 0 bridgehead atoms. The van der Waals surface area contributed by atoms with E-state index in [0.717, 1.165) is 0 Å². The van der Waals surface area contributed by atoms with Gasteiger partial charge in [0.2, 0.25) is 20.0 Å². The zero-order chi connectivity index (χ0) is 15.5. The number of hydrogen-bond acceptors (Lipinski definition) is 5. The number of sulfonamides is 2. The zero-order valence-corrected chi connectivity index (χ0v) is 13.4. The number of alkyl halides is 1. The molecular weight excluding hydrogens is 340 g/mol. The van der Waals surface area contributed by atoms with Crippen LogP contribution in [0.3, 0.4) is 0 Å². The molecule has 0 saturated carbocycles. The second-order valence-corrected chi connectivity index (χ2v) is 8.61. The fourth-order valence-corrected chi connectivity index (χ4v) is 3.96. The van der Waals surface area contributed by atoms with Crippen molar-refractivity contribution in [1.29, 1.82) is 0 Å². The molecule has 2 rings (SSSR count). The SMILES string of the molecule is O=S(=O)(CCl)Nc1ccc(S(=O)(=O)N2CCOCC2)cc1. The van der Waals surface area contributed by atoms with E-state index in [1.165, 1.54) is 28.6 Å². The summed E-state index contributed by atoms with van der Waals surface area (Å²) in [4.78, 5) is 0.109. The van der Waals surface area contributed by atoms with Crippen LogP contribution in [0.2, 0.25) is 0 Å². The average Bonchev–Trinajstić information content (AvgIpc) is 2.48. The van der Waals surface area contributed by atoms with Gasteiger partial charge in [0.15, 0.2) is 0 Å². The third kappa shape index (κ3) is 4.07. The van der Waals surface area contributed by atoms with E-state index in [0.29, 0.717) is 26.3 Å². The normalized spacial score (nSPS) is 17.6. The largest absolute Gasteiger partial charge is 0.379 e. The molecule has 10 heteroatoms. The van der Waals surface area contributed by atoms with Crippen LogP contribution in [-0.2, 0) is 24.8 Å². The van der Waals surface area contributed by atoms with Crippen molar-refractivity contribution in [1.82, 2.24) is 4.31 Å². The van der Waals surface area contributed by atoms with Crippen molar-refractivity contribution in [2.75, 3.05) is 36.2 Å². The van der Waals surface area contributed by atoms with Crippen LogP contribution in [0.25, 0.3) is 0 Å². The summed E-state index contributed by atoms with van der Waals surface area (Å²) in [6, 6.07) is 5.49. The van der Waals surface area contributed by atoms with Crippen LogP contribution in [0.4, 0.5) is 5.69 Å². The van der Waals surface area contributed by atoms with Gasteiger partial charge in [-0.2, -0.15) is 4.31 Å². The summed E-state index contributed by atoms with van der Waals surface area (Å²) < 4.78 is 56.0. The highest BCUT2D eigenvalue weighted by Gasteiger charge is 2.26. The highest BCUT2D eigenvalue weighted by atomic mass is 35.5. The van der Waals surface area contributed by atoms with Gasteiger partial charge >= 0.3 is 0 Å². The number of benzene rings is 1. The smallest absolute Gasteiger partial charge is 0.246 e. The molecule has 1 aliphatic heterocycles. The summed E-state index contributed by atoms with van der Waals surface area (Å²) in [6.07, 6.45) is 0. The van der Waals surface area contributed by atoms with E-state index < -0.39 is 25.3 Å². The summed E-state index contributed by atoms with van der Waals surface area (Å²) in [5.41, 5.74) is 0.261. The lowest BCUT2D eigenvalue weighted by atomic mass is 10.3. The molecule has 0 spiro atoms. The first-order chi connectivity index (χ1) is 9.85. The van der Waals surface area contributed by atoms with Gasteiger partial charge in [0.1, 0.15) is 5.21 Å². The van der Waals surface area contributed by atoms with Crippen molar-refractivity contribution in [3.63, 3.8) is 0 Å². The maximum Gasteiger partial charge on any atom is 0.246 e. The number of nitrogens with one attached hydrogen (secondary N) is 1. The van der Waals surface area contributed by atoms with Gasteiger partial charge in [-0.15, -0.1) is 11.6 Å². The van der Waals surface area contributed by atoms with Crippen molar-refractivity contribution >= 4 is 37.3 Å². The summed E-state index contributed by atoms with van der Waals surface area (Å²) in [6.45, 7) is 1.35. The van der Waals surface area contributed by atoms with E-state index in [1.807, 2.05) is 0 Å². The van der Waals surface area contributed by atoms with Crippen LogP contribution in [0, 0.1) is 0 Å². The molecule has 1 saturated heterocycles. The lowest BCUT2D eigenvalue weighted by molar-refractivity contribution is 0.0730. The number of ether oxygens (including phenoxy) is 1. The molecule has 1 aromatic rings. The van der Waals surface area contributed by atoms with Gasteiger partial charge in [0.25, 0.3) is 0 Å². The minimum Gasteiger partial charge on any atom is -0.379 e. The van der Waals surface area contributed by atoms with Gasteiger partial charge in [-0.3, -0.25) is 4.72 Å². The van der Waals surface area contributed by atoms with Crippen LogP contribution in [0.15, 0.2) is 29.2 Å². The Labute approximate surface area is 128 Å². The van der Waals surface area contributed by atoms with Crippen molar-refractivity contribution < 1.29 is 21.6 Å². The van der Waals surface area contributed by atoms with Crippen LogP contribution >= 0.6 is 11.6 Å². The number of nitrogens with zero attached hydrogens (tertiary/aromatic N) is 1. The van der Waals surface area contributed by atoms with E-state index >= 15 is 0 Å². The highest BCUT2D eigenvalue weighted by molar-refractivity contribution is 7.93. The van der Waals surface area contributed by atoms with Crippen LogP contribution in [0.1, 0.15) is 0 Å². The number of hydrogen-bond donors (Lipinski definition) is 1. The van der Waals surface area contributed by atoms with Crippen molar-refractivity contribution in [2.24, 2.45) is 0 Å². The Morgan fingerprint density at radius 2 is 1.67 bits per heavy atom. The van der Waals surface area contributed by atoms with Gasteiger partial charge in [0, 0.05) is 18.8 Å². The highest BCUT2D eigenvalue weighted by Crippen LogP contribution is 2.20. The van der Waals surface area contributed by atoms with Crippen molar-refractivity contribution in [2.45, 2.75) is 4.90 Å². The first-order valence-corrected chi connectivity index (χ1v) is 9.72. The Morgan fingerprint density at radius 1 is 1.10 bits per heavy atom. The van der Waals surface area contributed by atoms with Crippen LogP contribution < -0.4 is 4.72 Å². The van der Waals surface area contributed by atoms with Crippen LogP contribution in [0.5, 0.6) is 0 Å². The second kappa shape index (κ2) is 6.49. The third-order valence-electron chi connectivity index (χ3n) is 2.88. The molecule has 1 fully saturated rings. The van der Waals surface area contributed by atoms with Gasteiger partial charge in [-0.1, -0.05) is 0 Å². The molecule has 1 aromatic carbocycles. The minimum atomic E-state index is -3.60. The van der Waals surface area contributed by atoms with E-state index in [4.69, 9.17) is 16.3 Å². The average molecular weight is 355 g/mol. The zero-order valence-electron chi connectivity index (χ0n) is 11.0. The van der Waals surface area contributed by atoms with E-state index in [2.05, 4.69) is 4.72 Å². The standard InChI is InChI=1S/C11H15ClN2O5S2/c12-9-20(15,16)13-10-1-3-11(4-2-10)21(17,18)14-5-7-19-8-6-14/h1-4,13H,5-9H2. The summed E-state index contributed by atoms with van der Waals surface area (Å²) in [5, 5.41) is -0.569. The number of morpholine rings is 1. The van der Waals surface area contributed by atoms with E-state index in [1.54, 1.807) is 0 Å². The van der Waals surface area contributed by atoms with Crippen molar-refractivity contribution in [3.05, 3.63) is 24.3 Å². The lowest BCUT2D eigenvalue weighted by Crippen LogP contribution is -2.40. The third-order valence-corrected chi connectivity index (χ3v) is 6.49. The quantitative estimate of drug-likeness (QED) is 0.783. The Hall–Kier alpha value is -0.870. The fraction of sp³-hybridized carbons (Fsp3) is 0.455. The van der Waals surface area contributed by atoms with Crippen molar-refractivity contribution in [3.8, 4) is 0 Å². The fourth-order valence-electron chi connectivity index (χ4n) is 1.84. The summed E-state index contributed by atoms with van der Waals surface area (Å²) in [5.74, 6) is 0. The maximum absolute atomic E-state index is 12.4. The molecule has 0 radical (unpaired) electrons. The molecule has 0 unspecified atom stereocenters. The molecule has 118 valence electrons. The first kappa shape index (κ1) is 16.5. The molecule has 0 atom stereocenters. The Bertz CT molecular complexity index is 682. The number of rotatable bonds is 5. The number of anilines is 1. The predicted octanol–water partition coefficient (Wildman–Crippen LogP) is 0.645. The Balaban J connectivity index is 2.18. The molecule has 1 aliphatic rings. The molecule has 21 heavy (non-hydrogen) atoms. The number of halogens is 1. The molecule has 7 nitrogen and oxygen atoms in total. The maximum atomic E-state index is 12.4. The second-order valence-electron chi connectivity index (χ2n) is 4.37. The molecule has 0 amide bonds. The molecule has 1 N–H and O–H groups in total. The lowest BCUT2D eigenvalue weighted by Gasteiger charge is -2.26. The Kier molecular flexibility index (Phi) is 5.10. The minimum absolute atomic E-state index is 0.109. The van der Waals surface area contributed by atoms with E-state index in [9.17, 15) is 16.8 Å². The predicted molar refractivity (Wildman–Crippen MR) is 79.3 cm³/mol. The molecule has 0 aliphatic carbocycles.